The second kappa shape index (κ2) is 5.69. The summed E-state index contributed by atoms with van der Waals surface area (Å²) in [5.41, 5.74) is -0.383. The number of rotatable bonds is 2. The third kappa shape index (κ3) is 3.98. The van der Waals surface area contributed by atoms with Gasteiger partial charge in [-0.2, -0.15) is 0 Å². The number of halogens is 2. The number of carbonyl (C=O) groups excluding carboxylic acids is 1. The van der Waals surface area contributed by atoms with Crippen LogP contribution in [-0.2, 0) is 4.74 Å². The quantitative estimate of drug-likeness (QED) is 0.811. The van der Waals surface area contributed by atoms with Crippen molar-refractivity contribution in [2.75, 3.05) is 11.4 Å². The van der Waals surface area contributed by atoms with Crippen LogP contribution >= 0.6 is 15.9 Å². The predicted octanol–water partition coefficient (Wildman–Crippen LogP) is 4.35. The lowest BCUT2D eigenvalue weighted by molar-refractivity contribution is 0.0581. The Hall–Kier alpha value is -1.10. The molecule has 18 heavy (non-hydrogen) atoms. The topological polar surface area (TPSA) is 29.5 Å². The average Bonchev–Trinajstić information content (AvgIpc) is 2.19. The number of carbonyl (C=O) groups is 1. The van der Waals surface area contributed by atoms with Crippen molar-refractivity contribution in [2.45, 2.75) is 33.3 Å². The van der Waals surface area contributed by atoms with Crippen LogP contribution in [0.25, 0.3) is 0 Å². The van der Waals surface area contributed by atoms with Crippen molar-refractivity contribution in [3.8, 4) is 0 Å². The van der Waals surface area contributed by atoms with Gasteiger partial charge in [0.1, 0.15) is 11.4 Å². The summed E-state index contributed by atoms with van der Waals surface area (Å²) in [7, 11) is 0. The number of hydrogen-bond acceptors (Lipinski definition) is 2. The van der Waals surface area contributed by atoms with Crippen molar-refractivity contribution in [1.29, 1.82) is 0 Å². The van der Waals surface area contributed by atoms with Gasteiger partial charge in [0.05, 0.1) is 5.69 Å². The Bertz CT molecular complexity index is 443. The number of benzene rings is 1. The first kappa shape index (κ1) is 15.0. The Labute approximate surface area is 115 Å². The van der Waals surface area contributed by atoms with Crippen LogP contribution in [0.2, 0.25) is 0 Å². The Kier molecular flexibility index (Phi) is 4.73. The fourth-order valence-corrected chi connectivity index (χ4v) is 1.75. The molecule has 1 aromatic carbocycles. The Morgan fingerprint density at radius 3 is 2.50 bits per heavy atom. The number of amides is 1. The van der Waals surface area contributed by atoms with E-state index in [9.17, 15) is 9.18 Å². The summed E-state index contributed by atoms with van der Waals surface area (Å²) in [5, 5.41) is 0. The average molecular weight is 318 g/mol. The fraction of sp³-hybridized carbons (Fsp3) is 0.462. The van der Waals surface area contributed by atoms with E-state index in [2.05, 4.69) is 15.9 Å². The van der Waals surface area contributed by atoms with E-state index in [1.807, 2.05) is 0 Å². The smallest absolute Gasteiger partial charge is 0.414 e. The molecule has 0 unspecified atom stereocenters. The van der Waals surface area contributed by atoms with E-state index in [1.165, 1.54) is 11.0 Å². The van der Waals surface area contributed by atoms with Crippen LogP contribution < -0.4 is 4.90 Å². The minimum Gasteiger partial charge on any atom is -0.443 e. The number of anilines is 1. The summed E-state index contributed by atoms with van der Waals surface area (Å²) in [6.07, 6.45) is -0.550. The van der Waals surface area contributed by atoms with Gasteiger partial charge in [-0.1, -0.05) is 15.9 Å². The molecule has 0 aliphatic rings. The van der Waals surface area contributed by atoms with Crippen molar-refractivity contribution < 1.29 is 13.9 Å². The third-order valence-electron chi connectivity index (χ3n) is 2.13. The summed E-state index contributed by atoms with van der Waals surface area (Å²) < 4.78 is 19.7. The minimum absolute atomic E-state index is 0.218. The number of hydrogen-bond donors (Lipinski definition) is 0. The van der Waals surface area contributed by atoms with Gasteiger partial charge in [0.2, 0.25) is 0 Å². The Morgan fingerprint density at radius 2 is 2.06 bits per heavy atom. The van der Waals surface area contributed by atoms with Gasteiger partial charge in [0, 0.05) is 11.0 Å². The molecule has 0 spiro atoms. The summed E-state index contributed by atoms with van der Waals surface area (Å²) in [5.74, 6) is -0.461. The normalized spacial score (nSPS) is 11.2. The number of ether oxygens (including phenoxy) is 1. The van der Waals surface area contributed by atoms with Gasteiger partial charge < -0.3 is 4.74 Å². The largest absolute Gasteiger partial charge is 0.443 e. The summed E-state index contributed by atoms with van der Waals surface area (Å²) in [6.45, 7) is 7.43. The molecule has 1 amide bonds. The van der Waals surface area contributed by atoms with E-state index < -0.39 is 17.5 Å². The zero-order valence-corrected chi connectivity index (χ0v) is 12.5. The molecule has 0 atom stereocenters. The van der Waals surface area contributed by atoms with E-state index in [1.54, 1.807) is 39.8 Å². The van der Waals surface area contributed by atoms with Crippen LogP contribution in [0.1, 0.15) is 27.7 Å². The highest BCUT2D eigenvalue weighted by molar-refractivity contribution is 9.10. The summed E-state index contributed by atoms with van der Waals surface area (Å²) in [6, 6.07) is 4.56. The maximum Gasteiger partial charge on any atom is 0.414 e. The summed E-state index contributed by atoms with van der Waals surface area (Å²) >= 11 is 3.18. The maximum atomic E-state index is 13.8. The van der Waals surface area contributed by atoms with Crippen molar-refractivity contribution in [1.82, 2.24) is 0 Å². The van der Waals surface area contributed by atoms with Crippen LogP contribution in [0.5, 0.6) is 0 Å². The minimum atomic E-state index is -0.601. The second-order valence-corrected chi connectivity index (χ2v) is 5.74. The molecular formula is C13H17BrFNO2. The van der Waals surface area contributed by atoms with Crippen LogP contribution in [0.15, 0.2) is 22.7 Å². The molecule has 0 fully saturated rings. The van der Waals surface area contributed by atoms with E-state index in [0.717, 1.165) is 0 Å². The molecule has 0 saturated carbocycles. The van der Waals surface area contributed by atoms with Gasteiger partial charge in [-0.25, -0.2) is 9.18 Å². The third-order valence-corrected chi connectivity index (χ3v) is 2.62. The molecule has 0 radical (unpaired) electrons. The van der Waals surface area contributed by atoms with E-state index in [0.29, 0.717) is 11.0 Å². The molecule has 3 nitrogen and oxygen atoms in total. The monoisotopic (exact) mass is 317 g/mol. The van der Waals surface area contributed by atoms with E-state index >= 15 is 0 Å². The molecule has 0 saturated heterocycles. The predicted molar refractivity (Wildman–Crippen MR) is 73.4 cm³/mol. The van der Waals surface area contributed by atoms with E-state index in [4.69, 9.17) is 4.74 Å². The lowest BCUT2D eigenvalue weighted by atomic mass is 10.2. The molecule has 0 N–H and O–H groups in total. The zero-order chi connectivity index (χ0) is 13.9. The molecule has 0 aliphatic heterocycles. The standard InChI is InChI=1S/C13H17BrFNO2/c1-5-16(12(17)18-13(2,3)4)11-7-6-9(14)8-10(11)15/h6-8H,5H2,1-4H3. The Morgan fingerprint density at radius 1 is 1.44 bits per heavy atom. The molecule has 0 heterocycles. The lowest BCUT2D eigenvalue weighted by Gasteiger charge is -2.26. The van der Waals surface area contributed by atoms with E-state index in [-0.39, 0.29) is 5.69 Å². The van der Waals surface area contributed by atoms with Crippen LogP contribution in [0.3, 0.4) is 0 Å². The highest BCUT2D eigenvalue weighted by Crippen LogP contribution is 2.24. The first-order chi connectivity index (χ1) is 8.24. The number of nitrogens with zero attached hydrogens (tertiary/aromatic N) is 1. The van der Waals surface area contributed by atoms with Gasteiger partial charge >= 0.3 is 6.09 Å². The zero-order valence-electron chi connectivity index (χ0n) is 11.0. The van der Waals surface area contributed by atoms with Crippen molar-refractivity contribution >= 4 is 27.7 Å². The van der Waals surface area contributed by atoms with Gasteiger partial charge in [0.25, 0.3) is 0 Å². The van der Waals surface area contributed by atoms with Crippen molar-refractivity contribution in [2.24, 2.45) is 0 Å². The molecule has 0 bridgehead atoms. The van der Waals surface area contributed by atoms with Crippen LogP contribution in [0.4, 0.5) is 14.9 Å². The molecular weight excluding hydrogens is 301 g/mol. The lowest BCUT2D eigenvalue weighted by Crippen LogP contribution is -2.37. The highest BCUT2D eigenvalue weighted by atomic mass is 79.9. The fourth-order valence-electron chi connectivity index (χ4n) is 1.41. The Balaban J connectivity index is 2.99. The van der Waals surface area contributed by atoms with Gasteiger partial charge in [-0.15, -0.1) is 0 Å². The molecule has 0 aliphatic carbocycles. The molecule has 0 aromatic heterocycles. The molecule has 1 aromatic rings. The molecule has 1 rings (SSSR count). The van der Waals surface area contributed by atoms with Crippen molar-refractivity contribution in [3.63, 3.8) is 0 Å². The second-order valence-electron chi connectivity index (χ2n) is 4.82. The summed E-state index contributed by atoms with van der Waals surface area (Å²) in [4.78, 5) is 13.2. The van der Waals surface area contributed by atoms with Gasteiger partial charge in [-0.3, -0.25) is 4.90 Å². The van der Waals surface area contributed by atoms with Gasteiger partial charge in [0.15, 0.2) is 0 Å². The SMILES string of the molecule is CCN(C(=O)OC(C)(C)C)c1ccc(Br)cc1F. The first-order valence-electron chi connectivity index (χ1n) is 5.70. The van der Waals surface area contributed by atoms with Crippen LogP contribution in [-0.4, -0.2) is 18.2 Å². The molecule has 100 valence electrons. The highest BCUT2D eigenvalue weighted by Gasteiger charge is 2.24. The maximum absolute atomic E-state index is 13.8. The molecule has 5 heteroatoms. The van der Waals surface area contributed by atoms with Gasteiger partial charge in [-0.05, 0) is 45.9 Å². The first-order valence-corrected chi connectivity index (χ1v) is 6.49. The van der Waals surface area contributed by atoms with Crippen molar-refractivity contribution in [3.05, 3.63) is 28.5 Å². The van der Waals surface area contributed by atoms with Crippen LogP contribution in [0, 0.1) is 5.82 Å².